The Labute approximate surface area is 158 Å². The van der Waals surface area contributed by atoms with Gasteiger partial charge in [0, 0.05) is 43.4 Å². The molecule has 0 aliphatic carbocycles. The normalized spacial score (nSPS) is 11.5. The Hall–Kier alpha value is -3.41. The number of anilines is 2. The van der Waals surface area contributed by atoms with Crippen LogP contribution in [0, 0.1) is 0 Å². The van der Waals surface area contributed by atoms with Gasteiger partial charge in [0.25, 0.3) is 0 Å². The van der Waals surface area contributed by atoms with Gasteiger partial charge in [-0.3, -0.25) is 9.80 Å². The van der Waals surface area contributed by atoms with E-state index in [4.69, 9.17) is 0 Å². The topological polar surface area (TPSA) is 68.8 Å². The van der Waals surface area contributed by atoms with E-state index in [0.717, 1.165) is 22.2 Å². The lowest BCUT2D eigenvalue weighted by molar-refractivity contribution is -0.644. The predicted molar refractivity (Wildman–Crippen MR) is 108 cm³/mol. The summed E-state index contributed by atoms with van der Waals surface area (Å²) in [5.74, 6) is -0.141. The first-order valence-corrected chi connectivity index (χ1v) is 8.64. The van der Waals surface area contributed by atoms with Crippen LogP contribution in [0.3, 0.4) is 0 Å². The molecule has 0 radical (unpaired) electrons. The number of para-hydroxylation sites is 1. The molecule has 2 aromatic carbocycles. The van der Waals surface area contributed by atoms with Crippen LogP contribution in [0.25, 0.3) is 10.9 Å². The van der Waals surface area contributed by atoms with Crippen LogP contribution in [-0.4, -0.2) is 23.8 Å². The molecular formula is C21H23N4O2+. The van der Waals surface area contributed by atoms with Gasteiger partial charge in [0.15, 0.2) is 6.20 Å². The molecule has 0 spiro atoms. The lowest BCUT2D eigenvalue weighted by Crippen LogP contribution is -2.29. The molecule has 0 aliphatic rings. The summed E-state index contributed by atoms with van der Waals surface area (Å²) in [4.78, 5) is 11.1. The Morgan fingerprint density at radius 3 is 2.59 bits per heavy atom. The van der Waals surface area contributed by atoms with Crippen molar-refractivity contribution in [1.29, 1.82) is 0 Å². The van der Waals surface area contributed by atoms with Crippen molar-refractivity contribution in [2.45, 2.75) is 13.8 Å². The summed E-state index contributed by atoms with van der Waals surface area (Å²) >= 11 is 0. The number of aryl methyl sites for hydroxylation is 1. The zero-order valence-electron chi connectivity index (χ0n) is 15.9. The Balaban J connectivity index is 1.95. The predicted octanol–water partition coefficient (Wildman–Crippen LogP) is 3.19. The van der Waals surface area contributed by atoms with Crippen molar-refractivity contribution < 1.29 is 14.5 Å². The summed E-state index contributed by atoms with van der Waals surface area (Å²) in [5, 5.41) is 20.3. The van der Waals surface area contributed by atoms with Gasteiger partial charge in [-0.05, 0) is 25.1 Å². The van der Waals surface area contributed by atoms with Gasteiger partial charge >= 0.3 is 0 Å². The lowest BCUT2D eigenvalue weighted by atomic mass is 10.1. The highest BCUT2D eigenvalue weighted by Gasteiger charge is 2.13. The second-order valence-electron chi connectivity index (χ2n) is 6.45. The number of hydrazone groups is 1. The average molecular weight is 363 g/mol. The fraction of sp³-hybridized carbons (Fsp3) is 0.190. The summed E-state index contributed by atoms with van der Waals surface area (Å²) < 4.78 is 2.07. The quantitative estimate of drug-likeness (QED) is 0.425. The molecular weight excluding hydrogens is 340 g/mol. The van der Waals surface area contributed by atoms with E-state index in [1.807, 2.05) is 38.4 Å². The van der Waals surface area contributed by atoms with Crippen LogP contribution in [-0.2, 0) is 11.8 Å². The summed E-state index contributed by atoms with van der Waals surface area (Å²) in [6.45, 7) is 3.37. The van der Waals surface area contributed by atoms with Crippen LogP contribution < -0.4 is 14.9 Å². The second-order valence-corrected chi connectivity index (χ2v) is 6.45. The monoisotopic (exact) mass is 363 g/mol. The van der Waals surface area contributed by atoms with Crippen molar-refractivity contribution in [3.8, 4) is 5.75 Å². The first kappa shape index (κ1) is 18.4. The molecule has 2 N–H and O–H groups in total. The highest BCUT2D eigenvalue weighted by molar-refractivity contribution is 6.08. The van der Waals surface area contributed by atoms with Gasteiger partial charge in [0.1, 0.15) is 18.5 Å². The zero-order chi connectivity index (χ0) is 19.6. The van der Waals surface area contributed by atoms with Crippen molar-refractivity contribution >= 4 is 33.9 Å². The molecule has 1 heterocycles. The summed E-state index contributed by atoms with van der Waals surface area (Å²) in [7, 11) is 3.79. The van der Waals surface area contributed by atoms with E-state index < -0.39 is 0 Å². The molecule has 3 rings (SSSR count). The number of carbonyl (C=O) groups excluding carboxylic acids is 1. The van der Waals surface area contributed by atoms with Gasteiger partial charge in [-0.15, -0.1) is 0 Å². The smallest absolute Gasteiger partial charge is 0.221 e. The van der Waals surface area contributed by atoms with E-state index in [1.165, 1.54) is 13.0 Å². The molecule has 0 saturated heterocycles. The van der Waals surface area contributed by atoms with Gasteiger partial charge in [-0.25, -0.2) is 4.57 Å². The van der Waals surface area contributed by atoms with Crippen molar-refractivity contribution in [2.24, 2.45) is 12.1 Å². The summed E-state index contributed by atoms with van der Waals surface area (Å²) in [6.07, 6.45) is 2.01. The number of amides is 1. The van der Waals surface area contributed by atoms with E-state index >= 15 is 0 Å². The van der Waals surface area contributed by atoms with E-state index in [1.54, 1.807) is 24.2 Å². The minimum absolute atomic E-state index is 0.0459. The summed E-state index contributed by atoms with van der Waals surface area (Å²) in [5.41, 5.74) is 4.08. The standard InChI is InChI=1S/C21H22N4O2/c1-14(17-11-12-24(3)19-8-6-5-7-18(17)19)23-25(4)20-10-9-16(13-21(20)27)22-15(2)26/h5-13H,1-4H3,(H-,22,23,26,27)/p+1. The van der Waals surface area contributed by atoms with Crippen LogP contribution in [0.15, 0.2) is 59.8 Å². The number of pyridine rings is 1. The Morgan fingerprint density at radius 2 is 1.89 bits per heavy atom. The van der Waals surface area contributed by atoms with E-state index in [-0.39, 0.29) is 11.7 Å². The molecule has 3 aromatic rings. The first-order chi connectivity index (χ1) is 12.9. The number of phenolic OH excluding ortho intramolecular Hbond substituents is 1. The highest BCUT2D eigenvalue weighted by atomic mass is 16.3. The SMILES string of the molecule is CC(=O)Nc1ccc(N(C)/N=C(\C)c2cc[n+](C)c3ccccc23)c(O)c1. The van der Waals surface area contributed by atoms with Crippen LogP contribution in [0.1, 0.15) is 19.4 Å². The maximum Gasteiger partial charge on any atom is 0.221 e. The summed E-state index contributed by atoms with van der Waals surface area (Å²) in [6, 6.07) is 15.2. The number of fused-ring (bicyclic) bond motifs is 1. The molecule has 1 amide bonds. The third-order valence-corrected chi connectivity index (χ3v) is 4.37. The molecule has 0 saturated carbocycles. The lowest BCUT2D eigenvalue weighted by Gasteiger charge is -2.17. The number of nitrogens with zero attached hydrogens (tertiary/aromatic N) is 3. The van der Waals surface area contributed by atoms with E-state index in [2.05, 4.69) is 27.1 Å². The minimum atomic E-state index is -0.187. The molecule has 6 heteroatoms. The Kier molecular flexibility index (Phi) is 5.07. The Bertz CT molecular complexity index is 1040. The van der Waals surface area contributed by atoms with Crippen LogP contribution in [0.5, 0.6) is 5.75 Å². The van der Waals surface area contributed by atoms with Crippen molar-refractivity contribution in [1.82, 2.24) is 0 Å². The number of carbonyl (C=O) groups is 1. The van der Waals surface area contributed by atoms with Crippen molar-refractivity contribution in [3.05, 3.63) is 60.3 Å². The molecule has 0 unspecified atom stereocenters. The number of rotatable bonds is 4. The fourth-order valence-corrected chi connectivity index (χ4v) is 3.09. The molecule has 138 valence electrons. The van der Waals surface area contributed by atoms with Crippen LogP contribution in [0.4, 0.5) is 11.4 Å². The minimum Gasteiger partial charge on any atom is -0.506 e. The van der Waals surface area contributed by atoms with Crippen LogP contribution >= 0.6 is 0 Å². The average Bonchev–Trinajstić information content (AvgIpc) is 2.61. The molecule has 0 fully saturated rings. The molecule has 0 bridgehead atoms. The molecule has 0 atom stereocenters. The largest absolute Gasteiger partial charge is 0.506 e. The van der Waals surface area contributed by atoms with Gasteiger partial charge < -0.3 is 10.4 Å². The number of phenols is 1. The highest BCUT2D eigenvalue weighted by Crippen LogP contribution is 2.30. The molecule has 27 heavy (non-hydrogen) atoms. The number of nitrogens with one attached hydrogen (secondary N) is 1. The maximum absolute atomic E-state index is 11.1. The number of benzene rings is 2. The molecule has 0 aliphatic heterocycles. The second kappa shape index (κ2) is 7.45. The Morgan fingerprint density at radius 1 is 1.15 bits per heavy atom. The number of hydrogen-bond donors (Lipinski definition) is 2. The van der Waals surface area contributed by atoms with Gasteiger partial charge in [0.05, 0.1) is 11.1 Å². The van der Waals surface area contributed by atoms with Crippen molar-refractivity contribution in [2.75, 3.05) is 17.4 Å². The zero-order valence-corrected chi connectivity index (χ0v) is 15.9. The fourth-order valence-electron chi connectivity index (χ4n) is 3.09. The number of aromatic hydroxyl groups is 1. The number of hydrogen-bond acceptors (Lipinski definition) is 4. The van der Waals surface area contributed by atoms with Crippen LogP contribution in [0.2, 0.25) is 0 Å². The third-order valence-electron chi connectivity index (χ3n) is 4.37. The maximum atomic E-state index is 11.1. The first-order valence-electron chi connectivity index (χ1n) is 8.64. The third kappa shape index (κ3) is 3.89. The van der Waals surface area contributed by atoms with E-state index in [9.17, 15) is 9.90 Å². The molecule has 6 nitrogen and oxygen atoms in total. The van der Waals surface area contributed by atoms with Gasteiger partial charge in [-0.2, -0.15) is 5.10 Å². The number of aromatic nitrogens is 1. The van der Waals surface area contributed by atoms with Gasteiger partial charge in [-0.1, -0.05) is 12.1 Å². The van der Waals surface area contributed by atoms with Crippen molar-refractivity contribution in [3.63, 3.8) is 0 Å². The van der Waals surface area contributed by atoms with E-state index in [0.29, 0.717) is 11.4 Å². The van der Waals surface area contributed by atoms with Gasteiger partial charge in [0.2, 0.25) is 11.4 Å². The molecule has 1 aromatic heterocycles.